The van der Waals surface area contributed by atoms with Gasteiger partial charge in [-0.25, -0.2) is 0 Å². The van der Waals surface area contributed by atoms with Gasteiger partial charge in [0, 0.05) is 6.42 Å². The first-order valence-corrected chi connectivity index (χ1v) is 3.49. The third-order valence-electron chi connectivity index (χ3n) is 1.91. The van der Waals surface area contributed by atoms with Gasteiger partial charge in [0.15, 0.2) is 0 Å². The molecule has 1 unspecified atom stereocenters. The third kappa shape index (κ3) is 3.49. The molecule has 0 aliphatic heterocycles. The first kappa shape index (κ1) is 8.92. The minimum Gasteiger partial charge on any atom is -0.330 e. The second-order valence-corrected chi connectivity index (χ2v) is 3.54. The van der Waals surface area contributed by atoms with Gasteiger partial charge in [-0.15, -0.1) is 0 Å². The summed E-state index contributed by atoms with van der Waals surface area (Å²) in [6.45, 7) is 3.03. The van der Waals surface area contributed by atoms with Gasteiger partial charge in [0.2, 0.25) is 0 Å². The predicted octanol–water partition coefficient (Wildman–Crippen LogP) is 0.430. The van der Waals surface area contributed by atoms with E-state index in [-0.39, 0.29) is 0 Å². The van der Waals surface area contributed by atoms with Gasteiger partial charge in [0.1, 0.15) is 0 Å². The minimum absolute atomic E-state index is 0.676. The lowest BCUT2D eigenvalue weighted by Gasteiger charge is -2.31. The first-order valence-electron chi connectivity index (χ1n) is 3.49. The molecule has 2 nitrogen and oxygen atoms in total. The fraction of sp³-hybridized carbons (Fsp3) is 1.00. The highest BCUT2D eigenvalue weighted by Gasteiger charge is 2.15. The second kappa shape index (κ2) is 3.18. The summed E-state index contributed by atoms with van der Waals surface area (Å²) in [7, 11) is 6.58. The molecule has 0 saturated carbocycles. The summed E-state index contributed by atoms with van der Waals surface area (Å²) < 4.78 is 1.01. The average Bonchev–Trinajstić information content (AvgIpc) is 1.64. The van der Waals surface area contributed by atoms with Gasteiger partial charge in [-0.1, -0.05) is 0 Å². The molecule has 2 N–H and O–H groups in total. The van der Waals surface area contributed by atoms with Crippen LogP contribution in [0.1, 0.15) is 13.3 Å². The molecule has 0 bridgehead atoms. The van der Waals surface area contributed by atoms with E-state index in [1.54, 1.807) is 0 Å². The average molecular weight is 131 g/mol. The Labute approximate surface area is 58.2 Å². The Kier molecular flexibility index (Phi) is 3.15. The van der Waals surface area contributed by atoms with E-state index < -0.39 is 0 Å². The molecule has 0 aromatic heterocycles. The van der Waals surface area contributed by atoms with Crippen LogP contribution in [0, 0.1) is 0 Å². The summed E-state index contributed by atoms with van der Waals surface area (Å²) in [5.41, 5.74) is 5.42. The summed E-state index contributed by atoms with van der Waals surface area (Å²) >= 11 is 0. The maximum absolute atomic E-state index is 5.42. The lowest BCUT2D eigenvalue weighted by atomic mass is 10.2. The van der Waals surface area contributed by atoms with Crippen LogP contribution in [0.15, 0.2) is 0 Å². The maximum Gasteiger partial charge on any atom is 0.0867 e. The van der Waals surface area contributed by atoms with E-state index in [0.29, 0.717) is 6.04 Å². The van der Waals surface area contributed by atoms with E-state index >= 15 is 0 Å². The molecule has 56 valence electrons. The number of nitrogens with zero attached hydrogens (tertiary/aromatic N) is 1. The van der Waals surface area contributed by atoms with Crippen molar-refractivity contribution in [2.24, 2.45) is 5.73 Å². The highest BCUT2D eigenvalue weighted by Crippen LogP contribution is 2.04. The van der Waals surface area contributed by atoms with Gasteiger partial charge >= 0.3 is 0 Å². The van der Waals surface area contributed by atoms with Crippen LogP contribution in [0.5, 0.6) is 0 Å². The Balaban J connectivity index is 3.59. The zero-order chi connectivity index (χ0) is 7.49. The highest BCUT2D eigenvalue weighted by atomic mass is 15.3. The molecule has 0 aliphatic carbocycles. The van der Waals surface area contributed by atoms with Crippen LogP contribution in [0.2, 0.25) is 0 Å². The Hall–Kier alpha value is -0.0800. The van der Waals surface area contributed by atoms with E-state index in [1.807, 2.05) is 0 Å². The molecule has 0 saturated heterocycles. The molecule has 9 heavy (non-hydrogen) atoms. The summed E-state index contributed by atoms with van der Waals surface area (Å²) in [6, 6.07) is 0.676. The Morgan fingerprint density at radius 1 is 1.33 bits per heavy atom. The number of hydrogen-bond acceptors (Lipinski definition) is 1. The predicted molar refractivity (Wildman–Crippen MR) is 41.2 cm³/mol. The second-order valence-electron chi connectivity index (χ2n) is 3.54. The van der Waals surface area contributed by atoms with Crippen LogP contribution < -0.4 is 5.73 Å². The van der Waals surface area contributed by atoms with Gasteiger partial charge in [-0.2, -0.15) is 0 Å². The van der Waals surface area contributed by atoms with E-state index in [4.69, 9.17) is 5.73 Å². The number of quaternary nitrogens is 1. The molecule has 0 heterocycles. The van der Waals surface area contributed by atoms with Crippen molar-refractivity contribution in [1.29, 1.82) is 0 Å². The van der Waals surface area contributed by atoms with Gasteiger partial charge < -0.3 is 10.2 Å². The first-order chi connectivity index (χ1) is 3.98. The SMILES string of the molecule is CC(CCN)[N+](C)(C)C. The molecule has 0 rings (SSSR count). The van der Waals surface area contributed by atoms with Crippen molar-refractivity contribution in [3.05, 3.63) is 0 Å². The van der Waals surface area contributed by atoms with Crippen LogP contribution in [-0.4, -0.2) is 38.2 Å². The Morgan fingerprint density at radius 2 is 1.78 bits per heavy atom. The molecule has 0 fully saturated rings. The van der Waals surface area contributed by atoms with E-state index in [1.165, 1.54) is 0 Å². The maximum atomic E-state index is 5.42. The Morgan fingerprint density at radius 3 is 1.89 bits per heavy atom. The topological polar surface area (TPSA) is 26.0 Å². The highest BCUT2D eigenvalue weighted by molar-refractivity contribution is 4.48. The van der Waals surface area contributed by atoms with Crippen LogP contribution >= 0.6 is 0 Å². The normalized spacial score (nSPS) is 15.7. The molecule has 0 spiro atoms. The van der Waals surface area contributed by atoms with Gasteiger partial charge in [-0.3, -0.25) is 0 Å². The zero-order valence-electron chi connectivity index (χ0n) is 7.02. The van der Waals surface area contributed by atoms with E-state index in [0.717, 1.165) is 17.4 Å². The molecular weight excluding hydrogens is 112 g/mol. The summed E-state index contributed by atoms with van der Waals surface area (Å²) in [4.78, 5) is 0. The Bertz CT molecular complexity index is 73.5. The van der Waals surface area contributed by atoms with Crippen LogP contribution in [0.3, 0.4) is 0 Å². The quantitative estimate of drug-likeness (QED) is 0.552. The summed E-state index contributed by atoms with van der Waals surface area (Å²) in [5.74, 6) is 0. The zero-order valence-corrected chi connectivity index (χ0v) is 7.02. The number of rotatable bonds is 3. The largest absolute Gasteiger partial charge is 0.330 e. The van der Waals surface area contributed by atoms with E-state index in [9.17, 15) is 0 Å². The molecule has 0 aromatic rings. The van der Waals surface area contributed by atoms with Crippen LogP contribution in [-0.2, 0) is 0 Å². The fourth-order valence-electron chi connectivity index (χ4n) is 0.629. The summed E-state index contributed by atoms with van der Waals surface area (Å²) in [6.07, 6.45) is 1.11. The van der Waals surface area contributed by atoms with Crippen LogP contribution in [0.4, 0.5) is 0 Å². The molecule has 0 amide bonds. The van der Waals surface area contributed by atoms with Crippen molar-refractivity contribution in [2.45, 2.75) is 19.4 Å². The lowest BCUT2D eigenvalue weighted by molar-refractivity contribution is -0.894. The molecule has 2 heteroatoms. The van der Waals surface area contributed by atoms with Crippen LogP contribution in [0.25, 0.3) is 0 Å². The number of nitrogens with two attached hydrogens (primary N) is 1. The minimum atomic E-state index is 0.676. The van der Waals surface area contributed by atoms with Gasteiger partial charge in [-0.05, 0) is 13.5 Å². The smallest absolute Gasteiger partial charge is 0.0867 e. The van der Waals surface area contributed by atoms with Crippen molar-refractivity contribution in [2.75, 3.05) is 27.7 Å². The van der Waals surface area contributed by atoms with Gasteiger partial charge in [0.25, 0.3) is 0 Å². The monoisotopic (exact) mass is 131 g/mol. The molecule has 1 atom stereocenters. The standard InChI is InChI=1S/C7H19N2/c1-7(5-6-8)9(2,3)4/h7H,5-6,8H2,1-4H3/q+1. The van der Waals surface area contributed by atoms with Gasteiger partial charge in [0.05, 0.1) is 27.2 Å². The number of hydrogen-bond donors (Lipinski definition) is 1. The van der Waals surface area contributed by atoms with Crippen molar-refractivity contribution >= 4 is 0 Å². The molecule has 0 aliphatic rings. The molecule has 0 aromatic carbocycles. The van der Waals surface area contributed by atoms with E-state index in [2.05, 4.69) is 28.1 Å². The fourth-order valence-corrected chi connectivity index (χ4v) is 0.629. The van der Waals surface area contributed by atoms with Crippen molar-refractivity contribution in [1.82, 2.24) is 0 Å². The van der Waals surface area contributed by atoms with Crippen molar-refractivity contribution < 1.29 is 4.48 Å². The lowest BCUT2D eigenvalue weighted by Crippen LogP contribution is -2.44. The third-order valence-corrected chi connectivity index (χ3v) is 1.91. The van der Waals surface area contributed by atoms with Crippen molar-refractivity contribution in [3.63, 3.8) is 0 Å². The van der Waals surface area contributed by atoms with Crippen molar-refractivity contribution in [3.8, 4) is 0 Å². The summed E-state index contributed by atoms with van der Waals surface area (Å²) in [5, 5.41) is 0. The molecule has 0 radical (unpaired) electrons. The molecular formula is C7H19N2+.